The van der Waals surface area contributed by atoms with Crippen molar-refractivity contribution in [1.29, 1.82) is 0 Å². The molecule has 1 heterocycles. The molecule has 1 N–H and O–H groups in total. The number of rotatable bonds is 5. The first-order valence-corrected chi connectivity index (χ1v) is 9.94. The number of aromatic nitrogens is 1. The molecule has 0 radical (unpaired) electrons. The Morgan fingerprint density at radius 1 is 1.25 bits per heavy atom. The van der Waals surface area contributed by atoms with Crippen LogP contribution in [-0.4, -0.2) is 34.8 Å². The molecule has 0 aromatic carbocycles. The van der Waals surface area contributed by atoms with E-state index in [9.17, 15) is 9.59 Å². The SMILES string of the molecule is CCN(CC(=O)Nc1nccs1)C(=O)C12CC3CC(CC(C3)C1)C2. The minimum Gasteiger partial charge on any atom is -0.333 e. The van der Waals surface area contributed by atoms with Gasteiger partial charge in [0.2, 0.25) is 11.8 Å². The molecular formula is C18H25N3O2S. The van der Waals surface area contributed by atoms with E-state index in [2.05, 4.69) is 10.3 Å². The second-order valence-electron chi connectivity index (χ2n) is 7.90. The third-order valence-electron chi connectivity index (χ3n) is 6.17. The molecule has 2 amide bonds. The van der Waals surface area contributed by atoms with Crippen molar-refractivity contribution in [3.63, 3.8) is 0 Å². The van der Waals surface area contributed by atoms with Crippen molar-refractivity contribution >= 4 is 28.3 Å². The molecule has 1 aromatic heterocycles. The molecule has 4 saturated carbocycles. The van der Waals surface area contributed by atoms with E-state index in [-0.39, 0.29) is 23.8 Å². The number of hydrogen-bond donors (Lipinski definition) is 1. The van der Waals surface area contributed by atoms with Gasteiger partial charge < -0.3 is 10.2 Å². The molecule has 0 atom stereocenters. The number of amides is 2. The van der Waals surface area contributed by atoms with Gasteiger partial charge in [0.05, 0.1) is 12.0 Å². The average molecular weight is 347 g/mol. The number of anilines is 1. The van der Waals surface area contributed by atoms with Crippen molar-refractivity contribution in [2.45, 2.75) is 45.4 Å². The molecule has 0 aliphatic heterocycles. The predicted molar refractivity (Wildman–Crippen MR) is 93.6 cm³/mol. The quantitative estimate of drug-likeness (QED) is 0.890. The van der Waals surface area contributed by atoms with Crippen LogP contribution in [0.15, 0.2) is 11.6 Å². The molecule has 4 aliphatic carbocycles. The summed E-state index contributed by atoms with van der Waals surface area (Å²) in [6.07, 6.45) is 8.77. The summed E-state index contributed by atoms with van der Waals surface area (Å²) in [5.41, 5.74) is -0.174. The van der Waals surface area contributed by atoms with Gasteiger partial charge in [0.25, 0.3) is 0 Å². The Morgan fingerprint density at radius 2 is 1.88 bits per heavy atom. The molecule has 6 heteroatoms. The molecule has 24 heavy (non-hydrogen) atoms. The van der Waals surface area contributed by atoms with Crippen LogP contribution in [0.1, 0.15) is 45.4 Å². The summed E-state index contributed by atoms with van der Waals surface area (Å²) in [5, 5.41) is 5.21. The largest absolute Gasteiger partial charge is 0.333 e. The molecule has 1 aromatic rings. The smallest absolute Gasteiger partial charge is 0.245 e. The average Bonchev–Trinajstić information content (AvgIpc) is 3.03. The first-order chi connectivity index (χ1) is 11.6. The van der Waals surface area contributed by atoms with Gasteiger partial charge in [-0.2, -0.15) is 0 Å². The highest BCUT2D eigenvalue weighted by Gasteiger charge is 2.55. The van der Waals surface area contributed by atoms with Crippen LogP contribution in [0.25, 0.3) is 0 Å². The number of nitrogens with one attached hydrogen (secondary N) is 1. The molecule has 0 unspecified atom stereocenters. The lowest BCUT2D eigenvalue weighted by molar-refractivity contribution is -0.158. The Balaban J connectivity index is 1.45. The Labute approximate surface area is 146 Å². The number of carbonyl (C=O) groups excluding carboxylic acids is 2. The molecule has 5 nitrogen and oxygen atoms in total. The topological polar surface area (TPSA) is 62.3 Å². The Bertz CT molecular complexity index is 593. The first-order valence-electron chi connectivity index (χ1n) is 9.06. The van der Waals surface area contributed by atoms with Gasteiger partial charge in [-0.15, -0.1) is 11.3 Å². The van der Waals surface area contributed by atoms with Crippen LogP contribution in [0.4, 0.5) is 5.13 Å². The summed E-state index contributed by atoms with van der Waals surface area (Å²) in [7, 11) is 0. The third-order valence-corrected chi connectivity index (χ3v) is 6.86. The maximum Gasteiger partial charge on any atom is 0.245 e. The maximum absolute atomic E-state index is 13.3. The van der Waals surface area contributed by atoms with E-state index in [4.69, 9.17) is 0 Å². The highest BCUT2D eigenvalue weighted by atomic mass is 32.1. The van der Waals surface area contributed by atoms with Crippen molar-refractivity contribution in [3.05, 3.63) is 11.6 Å². The number of hydrogen-bond acceptors (Lipinski definition) is 4. The zero-order chi connectivity index (χ0) is 16.7. The second-order valence-corrected chi connectivity index (χ2v) is 8.80. The highest BCUT2D eigenvalue weighted by molar-refractivity contribution is 7.13. The lowest BCUT2D eigenvalue weighted by Gasteiger charge is -2.56. The summed E-state index contributed by atoms with van der Waals surface area (Å²) in [5.74, 6) is 2.29. The van der Waals surface area contributed by atoms with Crippen molar-refractivity contribution in [2.75, 3.05) is 18.4 Å². The third kappa shape index (κ3) is 2.85. The van der Waals surface area contributed by atoms with Gasteiger partial charge >= 0.3 is 0 Å². The second kappa shape index (κ2) is 6.14. The van der Waals surface area contributed by atoms with E-state index in [1.54, 1.807) is 11.1 Å². The molecule has 0 spiro atoms. The molecular weight excluding hydrogens is 322 g/mol. The van der Waals surface area contributed by atoms with Crippen LogP contribution >= 0.6 is 11.3 Å². The van der Waals surface area contributed by atoms with Gasteiger partial charge in [-0.3, -0.25) is 9.59 Å². The molecule has 4 fully saturated rings. The zero-order valence-corrected chi connectivity index (χ0v) is 15.0. The Kier molecular flexibility index (Phi) is 4.11. The van der Waals surface area contributed by atoms with Crippen LogP contribution in [0.5, 0.6) is 0 Å². The fourth-order valence-electron chi connectivity index (χ4n) is 5.65. The summed E-state index contributed by atoms with van der Waals surface area (Å²) in [6, 6.07) is 0. The Morgan fingerprint density at radius 3 is 2.38 bits per heavy atom. The minimum absolute atomic E-state index is 0.136. The Hall–Kier alpha value is -1.43. The van der Waals surface area contributed by atoms with Crippen LogP contribution < -0.4 is 5.32 Å². The van der Waals surface area contributed by atoms with E-state index < -0.39 is 0 Å². The predicted octanol–water partition coefficient (Wildman–Crippen LogP) is 3.15. The summed E-state index contributed by atoms with van der Waals surface area (Å²) in [6.45, 7) is 2.69. The fourth-order valence-corrected chi connectivity index (χ4v) is 6.20. The van der Waals surface area contributed by atoms with E-state index in [1.165, 1.54) is 30.6 Å². The standard InChI is InChI=1S/C18H25N3O2S/c1-2-21(11-15(22)20-17-19-3-4-24-17)16(23)18-8-12-5-13(9-18)7-14(6-12)10-18/h3-4,12-14H,2,5-11H2,1H3,(H,19,20,22). The lowest BCUT2D eigenvalue weighted by Crippen LogP contribution is -2.55. The van der Waals surface area contributed by atoms with Crippen molar-refractivity contribution < 1.29 is 9.59 Å². The van der Waals surface area contributed by atoms with Crippen LogP contribution in [0, 0.1) is 23.2 Å². The number of nitrogens with zero attached hydrogens (tertiary/aromatic N) is 2. The number of thiazole rings is 1. The van der Waals surface area contributed by atoms with E-state index in [1.807, 2.05) is 12.3 Å². The van der Waals surface area contributed by atoms with E-state index >= 15 is 0 Å². The minimum atomic E-state index is -0.174. The van der Waals surface area contributed by atoms with Gasteiger partial charge in [-0.05, 0) is 63.2 Å². The summed E-state index contributed by atoms with van der Waals surface area (Å²) in [4.78, 5) is 31.4. The van der Waals surface area contributed by atoms with Crippen LogP contribution in [0.2, 0.25) is 0 Å². The first kappa shape index (κ1) is 16.1. The van der Waals surface area contributed by atoms with Crippen molar-refractivity contribution in [1.82, 2.24) is 9.88 Å². The zero-order valence-electron chi connectivity index (χ0n) is 14.2. The van der Waals surface area contributed by atoms with Crippen molar-refractivity contribution in [3.8, 4) is 0 Å². The van der Waals surface area contributed by atoms with Crippen LogP contribution in [-0.2, 0) is 9.59 Å². The number of carbonyl (C=O) groups is 2. The van der Waals surface area contributed by atoms with Gasteiger partial charge in [-0.1, -0.05) is 0 Å². The molecule has 5 rings (SSSR count). The van der Waals surface area contributed by atoms with Gasteiger partial charge in [-0.25, -0.2) is 4.98 Å². The van der Waals surface area contributed by atoms with Crippen molar-refractivity contribution in [2.24, 2.45) is 23.2 Å². The maximum atomic E-state index is 13.3. The molecule has 0 saturated heterocycles. The fraction of sp³-hybridized carbons (Fsp3) is 0.722. The molecule has 4 bridgehead atoms. The van der Waals surface area contributed by atoms with Gasteiger partial charge in [0.15, 0.2) is 5.13 Å². The molecule has 4 aliphatic rings. The normalized spacial score (nSPS) is 33.5. The van der Waals surface area contributed by atoms with Crippen LogP contribution in [0.3, 0.4) is 0 Å². The number of likely N-dealkylation sites (N-methyl/N-ethyl adjacent to an activating group) is 1. The summed E-state index contributed by atoms with van der Waals surface area (Å²) < 4.78 is 0. The van der Waals surface area contributed by atoms with E-state index in [0.29, 0.717) is 11.7 Å². The highest BCUT2D eigenvalue weighted by Crippen LogP contribution is 2.60. The summed E-state index contributed by atoms with van der Waals surface area (Å²) >= 11 is 1.40. The van der Waals surface area contributed by atoms with Gasteiger partial charge in [0, 0.05) is 18.1 Å². The molecule has 130 valence electrons. The van der Waals surface area contributed by atoms with E-state index in [0.717, 1.165) is 37.0 Å². The lowest BCUT2D eigenvalue weighted by atomic mass is 9.49. The monoisotopic (exact) mass is 347 g/mol. The van der Waals surface area contributed by atoms with Gasteiger partial charge in [0.1, 0.15) is 0 Å².